The number of amides is 3. The van der Waals surface area contributed by atoms with Crippen LogP contribution in [0.3, 0.4) is 0 Å². The Kier molecular flexibility index (Phi) is 8.02. The van der Waals surface area contributed by atoms with E-state index in [2.05, 4.69) is 16.2 Å². The van der Waals surface area contributed by atoms with Gasteiger partial charge in [0.25, 0.3) is 5.91 Å². The molecule has 0 bridgehead atoms. The standard InChI is InChI=1S/C21H25N3O4/c1-3-15(2)28-18-11-7-8-16(14-18)21(27)24-23-20(26)13-12-19(25)22-17-9-5-4-6-10-17/h4-11,14-15H,3,12-13H2,1-2H3,(H,22,25)(H,23,26)(H,24,27). The molecule has 3 N–H and O–H groups in total. The highest BCUT2D eigenvalue weighted by Crippen LogP contribution is 2.15. The van der Waals surface area contributed by atoms with Gasteiger partial charge < -0.3 is 10.1 Å². The van der Waals surface area contributed by atoms with Crippen LogP contribution in [0.2, 0.25) is 0 Å². The zero-order valence-corrected chi connectivity index (χ0v) is 16.0. The fourth-order valence-electron chi connectivity index (χ4n) is 2.26. The highest BCUT2D eigenvalue weighted by Gasteiger charge is 2.11. The van der Waals surface area contributed by atoms with Crippen molar-refractivity contribution in [1.29, 1.82) is 0 Å². The predicted octanol–water partition coefficient (Wildman–Crippen LogP) is 3.04. The van der Waals surface area contributed by atoms with Crippen molar-refractivity contribution >= 4 is 23.4 Å². The number of anilines is 1. The number of benzene rings is 2. The van der Waals surface area contributed by atoms with Crippen LogP contribution in [0.25, 0.3) is 0 Å². The van der Waals surface area contributed by atoms with E-state index in [9.17, 15) is 14.4 Å². The monoisotopic (exact) mass is 383 g/mol. The number of carbonyl (C=O) groups excluding carboxylic acids is 3. The number of nitrogens with one attached hydrogen (secondary N) is 3. The summed E-state index contributed by atoms with van der Waals surface area (Å²) in [5, 5.41) is 2.69. The third-order valence-electron chi connectivity index (χ3n) is 3.96. The van der Waals surface area contributed by atoms with Gasteiger partial charge in [0.05, 0.1) is 6.10 Å². The van der Waals surface area contributed by atoms with E-state index < -0.39 is 11.8 Å². The topological polar surface area (TPSA) is 96.5 Å². The first-order valence-corrected chi connectivity index (χ1v) is 9.18. The van der Waals surface area contributed by atoms with Gasteiger partial charge in [0.1, 0.15) is 5.75 Å². The van der Waals surface area contributed by atoms with Gasteiger partial charge in [0, 0.05) is 24.1 Å². The van der Waals surface area contributed by atoms with Crippen LogP contribution < -0.4 is 20.9 Å². The number of para-hydroxylation sites is 1. The number of ether oxygens (including phenoxy) is 1. The first kappa shape index (κ1) is 21.0. The molecule has 0 aliphatic carbocycles. The molecule has 148 valence electrons. The minimum atomic E-state index is -0.461. The van der Waals surface area contributed by atoms with Gasteiger partial charge in [0.15, 0.2) is 0 Å². The van der Waals surface area contributed by atoms with E-state index in [0.717, 1.165) is 6.42 Å². The molecule has 0 saturated carbocycles. The average molecular weight is 383 g/mol. The quantitative estimate of drug-likeness (QED) is 0.611. The number of hydrogen-bond acceptors (Lipinski definition) is 4. The Hall–Kier alpha value is -3.35. The van der Waals surface area contributed by atoms with E-state index in [4.69, 9.17) is 4.74 Å². The maximum Gasteiger partial charge on any atom is 0.269 e. The third kappa shape index (κ3) is 7.11. The molecule has 2 rings (SSSR count). The third-order valence-corrected chi connectivity index (χ3v) is 3.96. The highest BCUT2D eigenvalue weighted by molar-refractivity contribution is 5.96. The summed E-state index contributed by atoms with van der Waals surface area (Å²) < 4.78 is 5.68. The van der Waals surface area contributed by atoms with Crippen LogP contribution in [0.4, 0.5) is 5.69 Å². The Morgan fingerprint density at radius 1 is 0.929 bits per heavy atom. The van der Waals surface area contributed by atoms with Gasteiger partial charge >= 0.3 is 0 Å². The minimum Gasteiger partial charge on any atom is -0.491 e. The maximum atomic E-state index is 12.2. The molecule has 0 aliphatic rings. The second-order valence-electron chi connectivity index (χ2n) is 6.28. The zero-order valence-electron chi connectivity index (χ0n) is 16.0. The molecule has 3 amide bonds. The molecule has 2 aromatic carbocycles. The van der Waals surface area contributed by atoms with E-state index in [1.54, 1.807) is 48.5 Å². The van der Waals surface area contributed by atoms with Crippen LogP contribution in [0.1, 0.15) is 43.5 Å². The van der Waals surface area contributed by atoms with Crippen molar-refractivity contribution in [3.8, 4) is 5.75 Å². The van der Waals surface area contributed by atoms with Crippen LogP contribution in [0.5, 0.6) is 5.75 Å². The number of hydrogen-bond donors (Lipinski definition) is 3. The average Bonchev–Trinajstić information content (AvgIpc) is 2.71. The fourth-order valence-corrected chi connectivity index (χ4v) is 2.26. The van der Waals surface area contributed by atoms with Gasteiger partial charge in [-0.3, -0.25) is 25.2 Å². The van der Waals surface area contributed by atoms with E-state index in [1.807, 2.05) is 19.9 Å². The summed E-state index contributed by atoms with van der Waals surface area (Å²) in [6.45, 7) is 3.96. The summed E-state index contributed by atoms with van der Waals surface area (Å²) in [7, 11) is 0. The van der Waals surface area contributed by atoms with E-state index in [-0.39, 0.29) is 24.9 Å². The second kappa shape index (κ2) is 10.7. The lowest BCUT2D eigenvalue weighted by Gasteiger charge is -2.13. The van der Waals surface area contributed by atoms with Crippen molar-refractivity contribution in [2.24, 2.45) is 0 Å². The number of rotatable bonds is 8. The normalized spacial score (nSPS) is 11.2. The molecule has 0 fully saturated rings. The molecule has 2 aromatic rings. The molecule has 0 heterocycles. The number of carbonyl (C=O) groups is 3. The molecule has 1 atom stereocenters. The van der Waals surface area contributed by atoms with Crippen molar-refractivity contribution in [3.63, 3.8) is 0 Å². The van der Waals surface area contributed by atoms with Gasteiger partial charge in [0.2, 0.25) is 11.8 Å². The zero-order chi connectivity index (χ0) is 20.4. The molecule has 28 heavy (non-hydrogen) atoms. The van der Waals surface area contributed by atoms with Gasteiger partial charge in [-0.05, 0) is 43.7 Å². The van der Waals surface area contributed by atoms with Crippen molar-refractivity contribution in [2.75, 3.05) is 5.32 Å². The molecule has 0 aliphatic heterocycles. The Bertz CT molecular complexity index is 808. The van der Waals surface area contributed by atoms with Crippen molar-refractivity contribution in [2.45, 2.75) is 39.2 Å². The van der Waals surface area contributed by atoms with E-state index in [0.29, 0.717) is 17.0 Å². The van der Waals surface area contributed by atoms with Gasteiger partial charge in [-0.1, -0.05) is 31.2 Å². The van der Waals surface area contributed by atoms with Gasteiger partial charge in [-0.25, -0.2) is 0 Å². The summed E-state index contributed by atoms with van der Waals surface area (Å²) in [6, 6.07) is 15.7. The smallest absolute Gasteiger partial charge is 0.269 e. The highest BCUT2D eigenvalue weighted by atomic mass is 16.5. The molecule has 0 spiro atoms. The summed E-state index contributed by atoms with van der Waals surface area (Å²) in [6.07, 6.45) is 0.856. The molecule has 0 radical (unpaired) electrons. The number of hydrazine groups is 1. The van der Waals surface area contributed by atoms with Gasteiger partial charge in [-0.15, -0.1) is 0 Å². The molecule has 0 aromatic heterocycles. The molecular formula is C21H25N3O4. The van der Waals surface area contributed by atoms with Crippen molar-refractivity contribution < 1.29 is 19.1 Å². The molecule has 0 saturated heterocycles. The summed E-state index contributed by atoms with van der Waals surface area (Å²) in [5.74, 6) is -0.603. The lowest BCUT2D eigenvalue weighted by atomic mass is 10.2. The summed E-state index contributed by atoms with van der Waals surface area (Å²) in [5.41, 5.74) is 5.68. The van der Waals surface area contributed by atoms with Crippen LogP contribution >= 0.6 is 0 Å². The van der Waals surface area contributed by atoms with Crippen molar-refractivity contribution in [3.05, 3.63) is 60.2 Å². The largest absolute Gasteiger partial charge is 0.491 e. The maximum absolute atomic E-state index is 12.2. The van der Waals surface area contributed by atoms with E-state index in [1.165, 1.54) is 0 Å². The lowest BCUT2D eigenvalue weighted by molar-refractivity contribution is -0.124. The lowest BCUT2D eigenvalue weighted by Crippen LogP contribution is -2.41. The molecule has 7 nitrogen and oxygen atoms in total. The Balaban J connectivity index is 1.75. The first-order valence-electron chi connectivity index (χ1n) is 9.18. The van der Waals surface area contributed by atoms with Crippen LogP contribution in [0.15, 0.2) is 54.6 Å². The molecular weight excluding hydrogens is 358 g/mol. The molecule has 7 heteroatoms. The second-order valence-corrected chi connectivity index (χ2v) is 6.28. The van der Waals surface area contributed by atoms with Crippen LogP contribution in [0, 0.1) is 0 Å². The van der Waals surface area contributed by atoms with Crippen LogP contribution in [-0.4, -0.2) is 23.8 Å². The van der Waals surface area contributed by atoms with Gasteiger partial charge in [-0.2, -0.15) is 0 Å². The minimum absolute atomic E-state index is 0.00876. The fraction of sp³-hybridized carbons (Fsp3) is 0.286. The van der Waals surface area contributed by atoms with Crippen LogP contribution in [-0.2, 0) is 9.59 Å². The van der Waals surface area contributed by atoms with Crippen molar-refractivity contribution in [1.82, 2.24) is 10.9 Å². The first-order chi connectivity index (χ1) is 13.5. The Morgan fingerprint density at radius 3 is 2.36 bits per heavy atom. The Morgan fingerprint density at radius 2 is 1.64 bits per heavy atom. The van der Waals surface area contributed by atoms with E-state index >= 15 is 0 Å². The summed E-state index contributed by atoms with van der Waals surface area (Å²) >= 11 is 0. The Labute approximate surface area is 164 Å². The summed E-state index contributed by atoms with van der Waals surface area (Å²) in [4.78, 5) is 35.9. The SMILES string of the molecule is CCC(C)Oc1cccc(C(=O)NNC(=O)CCC(=O)Nc2ccccc2)c1. The predicted molar refractivity (Wildman–Crippen MR) is 107 cm³/mol. The molecule has 1 unspecified atom stereocenters.